The fourth-order valence-corrected chi connectivity index (χ4v) is 3.20. The Kier molecular flexibility index (Phi) is 7.44. The Morgan fingerprint density at radius 2 is 1.89 bits per heavy atom. The van der Waals surface area contributed by atoms with Crippen molar-refractivity contribution in [3.63, 3.8) is 0 Å². The Balaban J connectivity index is 2.32. The molecule has 1 atom stereocenters. The second kappa shape index (κ2) is 8.57. The zero-order valence-corrected chi connectivity index (χ0v) is 13.0. The minimum Gasteiger partial charge on any atom is -0.353 e. The second-order valence-corrected chi connectivity index (χ2v) is 6.58. The van der Waals surface area contributed by atoms with Crippen LogP contribution in [0.5, 0.6) is 0 Å². The van der Waals surface area contributed by atoms with E-state index in [1.54, 1.807) is 0 Å². The first-order valence-electron chi connectivity index (χ1n) is 8.07. The third-order valence-corrected chi connectivity index (χ3v) is 4.30. The lowest BCUT2D eigenvalue weighted by atomic mass is 9.83. The molecule has 1 rings (SSSR count). The van der Waals surface area contributed by atoms with Gasteiger partial charge in [-0.25, -0.2) is 0 Å². The summed E-state index contributed by atoms with van der Waals surface area (Å²) in [4.78, 5) is 12.2. The fourth-order valence-electron chi connectivity index (χ4n) is 3.20. The molecule has 3 nitrogen and oxygen atoms in total. The molecule has 0 spiro atoms. The normalized spacial score (nSPS) is 25.3. The van der Waals surface area contributed by atoms with Gasteiger partial charge in [0.1, 0.15) is 0 Å². The first-order valence-corrected chi connectivity index (χ1v) is 8.07. The van der Waals surface area contributed by atoms with Crippen LogP contribution in [0.25, 0.3) is 0 Å². The molecule has 1 amide bonds. The molecule has 0 aromatic rings. The van der Waals surface area contributed by atoms with Crippen LogP contribution in [0, 0.1) is 17.8 Å². The Morgan fingerprint density at radius 3 is 2.37 bits per heavy atom. The molecule has 0 aromatic heterocycles. The average Bonchev–Trinajstić information content (AvgIpc) is 2.38. The zero-order chi connectivity index (χ0) is 14.3. The summed E-state index contributed by atoms with van der Waals surface area (Å²) in [5.41, 5.74) is 5.73. The van der Waals surface area contributed by atoms with Crippen LogP contribution in [0.3, 0.4) is 0 Å². The lowest BCUT2D eigenvalue weighted by Gasteiger charge is -2.30. The molecule has 1 aliphatic rings. The van der Waals surface area contributed by atoms with Gasteiger partial charge in [0.25, 0.3) is 0 Å². The van der Waals surface area contributed by atoms with E-state index in [-0.39, 0.29) is 11.8 Å². The van der Waals surface area contributed by atoms with E-state index in [0.717, 1.165) is 25.2 Å². The van der Waals surface area contributed by atoms with Gasteiger partial charge in [-0.05, 0) is 43.9 Å². The summed E-state index contributed by atoms with van der Waals surface area (Å²) in [5, 5.41) is 3.22. The molecular formula is C16H32N2O. The molecule has 1 aliphatic carbocycles. The number of hydrogen-bond acceptors (Lipinski definition) is 2. The van der Waals surface area contributed by atoms with Crippen molar-refractivity contribution in [2.75, 3.05) is 6.54 Å². The molecule has 0 aromatic carbocycles. The van der Waals surface area contributed by atoms with Crippen LogP contribution in [0.1, 0.15) is 65.7 Å². The van der Waals surface area contributed by atoms with Crippen LogP contribution in [0.4, 0.5) is 0 Å². The minimum atomic E-state index is -0.00614. The highest BCUT2D eigenvalue weighted by atomic mass is 16.1. The summed E-state index contributed by atoms with van der Waals surface area (Å²) in [6, 6.07) is 0.391. The van der Waals surface area contributed by atoms with E-state index in [1.807, 2.05) is 0 Å². The highest BCUT2D eigenvalue weighted by Crippen LogP contribution is 2.28. The number of rotatable bonds is 7. The summed E-state index contributed by atoms with van der Waals surface area (Å²) in [5.74, 6) is 1.59. The SMILES string of the molecule is CCCC1CCC(NC(=O)C(CN)CC(C)C)CC1. The van der Waals surface area contributed by atoms with E-state index in [2.05, 4.69) is 26.1 Å². The van der Waals surface area contributed by atoms with Crippen molar-refractivity contribution < 1.29 is 4.79 Å². The highest BCUT2D eigenvalue weighted by molar-refractivity contribution is 5.79. The summed E-state index contributed by atoms with van der Waals surface area (Å²) in [6.45, 7) is 7.01. The maximum Gasteiger partial charge on any atom is 0.224 e. The van der Waals surface area contributed by atoms with Gasteiger partial charge in [-0.3, -0.25) is 4.79 Å². The predicted molar refractivity (Wildman–Crippen MR) is 80.8 cm³/mol. The second-order valence-electron chi connectivity index (χ2n) is 6.58. The fraction of sp³-hybridized carbons (Fsp3) is 0.938. The Hall–Kier alpha value is -0.570. The number of hydrogen-bond donors (Lipinski definition) is 2. The monoisotopic (exact) mass is 268 g/mol. The van der Waals surface area contributed by atoms with Gasteiger partial charge in [-0.2, -0.15) is 0 Å². The molecule has 19 heavy (non-hydrogen) atoms. The van der Waals surface area contributed by atoms with Crippen LogP contribution in [0.2, 0.25) is 0 Å². The largest absolute Gasteiger partial charge is 0.353 e. The van der Waals surface area contributed by atoms with Crippen molar-refractivity contribution in [1.29, 1.82) is 0 Å². The molecule has 1 fully saturated rings. The summed E-state index contributed by atoms with van der Waals surface area (Å²) in [7, 11) is 0. The van der Waals surface area contributed by atoms with E-state index in [0.29, 0.717) is 18.5 Å². The Labute approximate surface area is 118 Å². The first-order chi connectivity index (χ1) is 9.06. The lowest BCUT2D eigenvalue weighted by molar-refractivity contribution is -0.126. The van der Waals surface area contributed by atoms with E-state index < -0.39 is 0 Å². The summed E-state index contributed by atoms with van der Waals surface area (Å²) >= 11 is 0. The standard InChI is InChI=1S/C16H32N2O/c1-4-5-13-6-8-15(9-7-13)18-16(19)14(11-17)10-12(2)3/h12-15H,4-11,17H2,1-3H3,(H,18,19). The van der Waals surface area contributed by atoms with Gasteiger partial charge in [0, 0.05) is 12.6 Å². The smallest absolute Gasteiger partial charge is 0.224 e. The van der Waals surface area contributed by atoms with Crippen molar-refractivity contribution in [2.45, 2.75) is 71.8 Å². The van der Waals surface area contributed by atoms with Crippen molar-refractivity contribution in [3.8, 4) is 0 Å². The number of nitrogens with two attached hydrogens (primary N) is 1. The van der Waals surface area contributed by atoms with Gasteiger partial charge in [-0.1, -0.05) is 33.6 Å². The van der Waals surface area contributed by atoms with E-state index in [1.165, 1.54) is 25.7 Å². The van der Waals surface area contributed by atoms with Crippen LogP contribution >= 0.6 is 0 Å². The maximum absolute atomic E-state index is 12.2. The quantitative estimate of drug-likeness (QED) is 0.745. The molecule has 0 radical (unpaired) electrons. The van der Waals surface area contributed by atoms with Gasteiger partial charge < -0.3 is 11.1 Å². The van der Waals surface area contributed by atoms with Crippen molar-refractivity contribution in [2.24, 2.45) is 23.5 Å². The molecule has 1 saturated carbocycles. The van der Waals surface area contributed by atoms with Gasteiger partial charge in [-0.15, -0.1) is 0 Å². The summed E-state index contributed by atoms with van der Waals surface area (Å²) in [6.07, 6.45) is 8.37. The van der Waals surface area contributed by atoms with Crippen molar-refractivity contribution >= 4 is 5.91 Å². The molecule has 0 saturated heterocycles. The average molecular weight is 268 g/mol. The Morgan fingerprint density at radius 1 is 1.26 bits per heavy atom. The lowest BCUT2D eigenvalue weighted by Crippen LogP contribution is -2.43. The predicted octanol–water partition coefficient (Wildman–Crippen LogP) is 3.08. The molecule has 1 unspecified atom stereocenters. The van der Waals surface area contributed by atoms with E-state index >= 15 is 0 Å². The zero-order valence-electron chi connectivity index (χ0n) is 13.0. The molecule has 0 aliphatic heterocycles. The van der Waals surface area contributed by atoms with E-state index in [4.69, 9.17) is 5.73 Å². The molecule has 3 heteroatoms. The van der Waals surface area contributed by atoms with Gasteiger partial charge in [0.15, 0.2) is 0 Å². The van der Waals surface area contributed by atoms with Crippen LogP contribution < -0.4 is 11.1 Å². The highest BCUT2D eigenvalue weighted by Gasteiger charge is 2.25. The molecule has 0 heterocycles. The molecular weight excluding hydrogens is 236 g/mol. The number of carbonyl (C=O) groups excluding carboxylic acids is 1. The topological polar surface area (TPSA) is 55.1 Å². The van der Waals surface area contributed by atoms with Crippen LogP contribution in [0.15, 0.2) is 0 Å². The molecule has 0 bridgehead atoms. The van der Waals surface area contributed by atoms with Gasteiger partial charge in [0.05, 0.1) is 5.92 Å². The summed E-state index contributed by atoms with van der Waals surface area (Å²) < 4.78 is 0. The van der Waals surface area contributed by atoms with Crippen molar-refractivity contribution in [1.82, 2.24) is 5.32 Å². The van der Waals surface area contributed by atoms with Crippen LogP contribution in [-0.2, 0) is 4.79 Å². The minimum absolute atomic E-state index is 0.00614. The number of nitrogens with one attached hydrogen (secondary N) is 1. The third-order valence-electron chi connectivity index (χ3n) is 4.30. The van der Waals surface area contributed by atoms with Crippen molar-refractivity contribution in [3.05, 3.63) is 0 Å². The van der Waals surface area contributed by atoms with Gasteiger partial charge >= 0.3 is 0 Å². The van der Waals surface area contributed by atoms with Crippen LogP contribution in [-0.4, -0.2) is 18.5 Å². The molecule has 112 valence electrons. The number of carbonyl (C=O) groups is 1. The first kappa shape index (κ1) is 16.5. The maximum atomic E-state index is 12.2. The number of amides is 1. The van der Waals surface area contributed by atoms with Gasteiger partial charge in [0.2, 0.25) is 5.91 Å². The van der Waals surface area contributed by atoms with E-state index in [9.17, 15) is 4.79 Å². The Bertz CT molecular complexity index is 257. The third kappa shape index (κ3) is 5.94. The molecule has 3 N–H and O–H groups in total.